The van der Waals surface area contributed by atoms with E-state index in [4.69, 9.17) is 4.74 Å². The Hall–Kier alpha value is -0.820. The molecule has 0 N–H and O–H groups in total. The molecule has 21 heavy (non-hydrogen) atoms. The number of hydrogen-bond acceptors (Lipinski definition) is 1. The molecule has 0 amide bonds. The smallest absolute Gasteiger partial charge is 0.0571 e. The van der Waals surface area contributed by atoms with Crippen LogP contribution in [0.1, 0.15) is 68.9 Å². The van der Waals surface area contributed by atoms with E-state index in [-0.39, 0.29) is 0 Å². The van der Waals surface area contributed by atoms with Crippen molar-refractivity contribution in [3.8, 4) is 0 Å². The SMILES string of the molecule is COC1CCC(C2(c3cccc(C)c3)CCCCC2)CC1. The zero-order valence-electron chi connectivity index (χ0n) is 13.7. The van der Waals surface area contributed by atoms with Gasteiger partial charge in [-0.25, -0.2) is 0 Å². The lowest BCUT2D eigenvalue weighted by molar-refractivity contribution is 0.0328. The number of benzene rings is 1. The van der Waals surface area contributed by atoms with E-state index in [9.17, 15) is 0 Å². The first-order chi connectivity index (χ1) is 10.2. The van der Waals surface area contributed by atoms with Gasteiger partial charge in [0.1, 0.15) is 0 Å². The van der Waals surface area contributed by atoms with Crippen molar-refractivity contribution in [3.63, 3.8) is 0 Å². The number of hydrogen-bond donors (Lipinski definition) is 0. The molecule has 2 aliphatic rings. The second kappa shape index (κ2) is 6.52. The summed E-state index contributed by atoms with van der Waals surface area (Å²) in [6.07, 6.45) is 12.8. The Balaban J connectivity index is 1.87. The summed E-state index contributed by atoms with van der Waals surface area (Å²) < 4.78 is 5.58. The van der Waals surface area contributed by atoms with Gasteiger partial charge in [0.25, 0.3) is 0 Å². The average Bonchev–Trinajstić information content (AvgIpc) is 2.55. The van der Waals surface area contributed by atoms with Crippen molar-refractivity contribution in [2.75, 3.05) is 7.11 Å². The molecule has 0 unspecified atom stereocenters. The molecule has 1 aromatic carbocycles. The highest BCUT2D eigenvalue weighted by Crippen LogP contribution is 2.50. The number of methoxy groups -OCH3 is 1. The Kier molecular flexibility index (Phi) is 4.69. The maximum absolute atomic E-state index is 5.58. The van der Waals surface area contributed by atoms with E-state index in [0.29, 0.717) is 11.5 Å². The Labute approximate surface area is 130 Å². The molecule has 0 aliphatic heterocycles. The van der Waals surface area contributed by atoms with E-state index in [0.717, 1.165) is 5.92 Å². The Morgan fingerprint density at radius 2 is 1.71 bits per heavy atom. The van der Waals surface area contributed by atoms with E-state index in [2.05, 4.69) is 31.2 Å². The molecule has 0 aromatic heterocycles. The molecule has 1 heteroatoms. The molecule has 0 saturated heterocycles. The summed E-state index contributed by atoms with van der Waals surface area (Å²) >= 11 is 0. The predicted molar refractivity (Wildman–Crippen MR) is 88.7 cm³/mol. The first kappa shape index (κ1) is 15.1. The van der Waals surface area contributed by atoms with Gasteiger partial charge >= 0.3 is 0 Å². The van der Waals surface area contributed by atoms with Crippen molar-refractivity contribution in [2.45, 2.75) is 76.2 Å². The van der Waals surface area contributed by atoms with Gasteiger partial charge in [-0.15, -0.1) is 0 Å². The molecule has 1 nitrogen and oxygen atoms in total. The summed E-state index contributed by atoms with van der Waals surface area (Å²) in [6.45, 7) is 2.24. The molecule has 1 aromatic rings. The lowest BCUT2D eigenvalue weighted by Crippen LogP contribution is -2.40. The van der Waals surface area contributed by atoms with Gasteiger partial charge in [-0.2, -0.15) is 0 Å². The summed E-state index contributed by atoms with van der Waals surface area (Å²) in [7, 11) is 1.88. The Morgan fingerprint density at radius 3 is 2.33 bits per heavy atom. The van der Waals surface area contributed by atoms with Crippen LogP contribution >= 0.6 is 0 Å². The molecule has 0 atom stereocenters. The summed E-state index contributed by atoms with van der Waals surface area (Å²) in [5, 5.41) is 0. The van der Waals surface area contributed by atoms with Gasteiger partial charge in [-0.05, 0) is 62.3 Å². The van der Waals surface area contributed by atoms with Crippen molar-refractivity contribution >= 4 is 0 Å². The van der Waals surface area contributed by atoms with Gasteiger partial charge in [0.05, 0.1) is 6.10 Å². The highest BCUT2D eigenvalue weighted by molar-refractivity contribution is 5.31. The minimum absolute atomic E-state index is 0.461. The number of aryl methyl sites for hydroxylation is 1. The zero-order chi connectivity index (χ0) is 14.7. The molecule has 0 heterocycles. The third kappa shape index (κ3) is 3.04. The van der Waals surface area contributed by atoms with Crippen LogP contribution < -0.4 is 0 Å². The van der Waals surface area contributed by atoms with Crippen LogP contribution in [-0.4, -0.2) is 13.2 Å². The zero-order valence-corrected chi connectivity index (χ0v) is 13.7. The number of rotatable bonds is 3. The third-order valence-corrected chi connectivity index (χ3v) is 6.13. The van der Waals surface area contributed by atoms with Crippen molar-refractivity contribution in [1.82, 2.24) is 0 Å². The largest absolute Gasteiger partial charge is 0.381 e. The van der Waals surface area contributed by atoms with E-state index in [1.54, 1.807) is 5.56 Å². The van der Waals surface area contributed by atoms with Gasteiger partial charge in [0.2, 0.25) is 0 Å². The van der Waals surface area contributed by atoms with E-state index >= 15 is 0 Å². The van der Waals surface area contributed by atoms with Gasteiger partial charge in [0.15, 0.2) is 0 Å². The van der Waals surface area contributed by atoms with Crippen LogP contribution in [0.4, 0.5) is 0 Å². The van der Waals surface area contributed by atoms with Crippen molar-refractivity contribution < 1.29 is 4.74 Å². The summed E-state index contributed by atoms with van der Waals surface area (Å²) in [6, 6.07) is 9.37. The second-order valence-corrected chi connectivity index (χ2v) is 7.30. The molecule has 2 aliphatic carbocycles. The fourth-order valence-corrected chi connectivity index (χ4v) is 4.92. The van der Waals surface area contributed by atoms with Gasteiger partial charge < -0.3 is 4.74 Å². The number of ether oxygens (including phenoxy) is 1. The van der Waals surface area contributed by atoms with Crippen LogP contribution in [0.2, 0.25) is 0 Å². The van der Waals surface area contributed by atoms with Crippen LogP contribution in [0.5, 0.6) is 0 Å². The molecule has 3 rings (SSSR count). The summed E-state index contributed by atoms with van der Waals surface area (Å²) in [5.41, 5.74) is 3.51. The molecule has 2 saturated carbocycles. The molecule has 2 fully saturated rings. The van der Waals surface area contributed by atoms with Crippen LogP contribution in [-0.2, 0) is 10.2 Å². The predicted octanol–water partition coefficient (Wildman–Crippen LogP) is 5.40. The lowest BCUT2D eigenvalue weighted by Gasteiger charge is -2.47. The summed E-state index contributed by atoms with van der Waals surface area (Å²) in [4.78, 5) is 0. The average molecular weight is 286 g/mol. The molecular weight excluding hydrogens is 256 g/mol. The monoisotopic (exact) mass is 286 g/mol. The van der Waals surface area contributed by atoms with Crippen LogP contribution in [0.3, 0.4) is 0 Å². The molecule has 0 bridgehead atoms. The maximum Gasteiger partial charge on any atom is 0.0571 e. The highest BCUT2D eigenvalue weighted by Gasteiger charge is 2.42. The first-order valence-electron chi connectivity index (χ1n) is 8.84. The Bertz CT molecular complexity index is 451. The third-order valence-electron chi connectivity index (χ3n) is 6.13. The van der Waals surface area contributed by atoms with Crippen molar-refractivity contribution in [1.29, 1.82) is 0 Å². The van der Waals surface area contributed by atoms with Gasteiger partial charge in [-0.3, -0.25) is 0 Å². The maximum atomic E-state index is 5.58. The van der Waals surface area contributed by atoms with Crippen LogP contribution in [0.15, 0.2) is 24.3 Å². The minimum atomic E-state index is 0.461. The first-order valence-corrected chi connectivity index (χ1v) is 8.84. The minimum Gasteiger partial charge on any atom is -0.381 e. The quantitative estimate of drug-likeness (QED) is 0.722. The highest BCUT2D eigenvalue weighted by atomic mass is 16.5. The van der Waals surface area contributed by atoms with Crippen molar-refractivity contribution in [3.05, 3.63) is 35.4 Å². The lowest BCUT2D eigenvalue weighted by atomic mass is 9.58. The Morgan fingerprint density at radius 1 is 1.00 bits per heavy atom. The fraction of sp³-hybridized carbons (Fsp3) is 0.700. The van der Waals surface area contributed by atoms with Gasteiger partial charge in [0, 0.05) is 7.11 Å². The fourth-order valence-electron chi connectivity index (χ4n) is 4.92. The van der Waals surface area contributed by atoms with Crippen molar-refractivity contribution in [2.24, 2.45) is 5.92 Å². The normalized spacial score (nSPS) is 29.2. The van der Waals surface area contributed by atoms with E-state index in [1.807, 2.05) is 7.11 Å². The molecule has 0 radical (unpaired) electrons. The molecule has 116 valence electrons. The van der Waals surface area contributed by atoms with E-state index < -0.39 is 0 Å². The second-order valence-electron chi connectivity index (χ2n) is 7.30. The molecule has 0 spiro atoms. The van der Waals surface area contributed by atoms with Crippen LogP contribution in [0.25, 0.3) is 0 Å². The van der Waals surface area contributed by atoms with Crippen LogP contribution in [0, 0.1) is 12.8 Å². The standard InChI is InChI=1S/C20H30O/c1-16-7-6-8-18(15-16)20(13-4-3-5-14-20)17-9-11-19(21-2)12-10-17/h6-8,15,17,19H,3-5,9-14H2,1-2H3. The molecular formula is C20H30O. The van der Waals surface area contributed by atoms with Gasteiger partial charge in [-0.1, -0.05) is 49.1 Å². The topological polar surface area (TPSA) is 9.23 Å². The summed E-state index contributed by atoms with van der Waals surface area (Å²) in [5.74, 6) is 0.867. The van der Waals surface area contributed by atoms with E-state index in [1.165, 1.54) is 63.4 Å².